The Kier molecular flexibility index (Phi) is 11.5. The molecule has 0 aliphatic heterocycles. The summed E-state index contributed by atoms with van der Waals surface area (Å²) in [5, 5.41) is 0. The Morgan fingerprint density at radius 2 is 1.60 bits per heavy atom. The quantitative estimate of drug-likeness (QED) is 0.196. The first-order valence-corrected chi connectivity index (χ1v) is 11.5. The average molecular weight is 409 g/mol. The number of aromatic nitrogens is 2. The van der Waals surface area contributed by atoms with Crippen molar-refractivity contribution in [3.63, 3.8) is 0 Å². The van der Waals surface area contributed by atoms with Crippen LogP contribution in [0.15, 0.2) is 54.9 Å². The van der Waals surface area contributed by atoms with E-state index in [1.807, 2.05) is 24.3 Å². The van der Waals surface area contributed by atoms with Crippen LogP contribution in [0.5, 0.6) is 6.01 Å². The molecule has 1 aromatic carbocycles. The number of carbonyl (C=O) groups excluding carboxylic acids is 1. The smallest absolute Gasteiger partial charge is 0.338 e. The summed E-state index contributed by atoms with van der Waals surface area (Å²) in [7, 11) is 0. The minimum Gasteiger partial charge on any atom is -0.388 e. The molecular formula is C26H36N2O2. The Bertz CT molecular complexity index is 741. The normalized spacial score (nSPS) is 12.2. The van der Waals surface area contributed by atoms with E-state index < -0.39 is 5.97 Å². The molecule has 0 aliphatic rings. The second-order valence-corrected chi connectivity index (χ2v) is 7.83. The number of rotatable bonds is 14. The van der Waals surface area contributed by atoms with E-state index in [-0.39, 0.29) is 11.9 Å². The predicted molar refractivity (Wildman–Crippen MR) is 123 cm³/mol. The molecule has 2 aromatic rings. The second-order valence-electron chi connectivity index (χ2n) is 7.83. The number of hydrogen-bond acceptors (Lipinski definition) is 4. The van der Waals surface area contributed by atoms with E-state index in [9.17, 15) is 4.79 Å². The zero-order chi connectivity index (χ0) is 21.4. The number of ether oxygens (including phenoxy) is 1. The molecule has 0 aliphatic carbocycles. The number of benzene rings is 1. The van der Waals surface area contributed by atoms with Crippen LogP contribution in [0.2, 0.25) is 0 Å². The zero-order valence-electron chi connectivity index (χ0n) is 18.6. The van der Waals surface area contributed by atoms with Crippen LogP contribution in [-0.4, -0.2) is 15.9 Å². The highest BCUT2D eigenvalue weighted by atomic mass is 16.5. The van der Waals surface area contributed by atoms with Gasteiger partial charge in [0.15, 0.2) is 0 Å². The van der Waals surface area contributed by atoms with E-state index in [0.717, 1.165) is 37.7 Å². The van der Waals surface area contributed by atoms with Gasteiger partial charge < -0.3 is 4.74 Å². The van der Waals surface area contributed by atoms with Crippen molar-refractivity contribution in [1.82, 2.24) is 9.97 Å². The van der Waals surface area contributed by atoms with Crippen LogP contribution >= 0.6 is 0 Å². The first-order valence-electron chi connectivity index (χ1n) is 11.5. The number of esters is 1. The summed E-state index contributed by atoms with van der Waals surface area (Å²) in [6, 6.07) is 10.4. The molecule has 2 rings (SSSR count). The molecule has 0 spiro atoms. The van der Waals surface area contributed by atoms with Gasteiger partial charge in [0.05, 0.1) is 0 Å². The Balaban J connectivity index is 1.81. The minimum absolute atomic E-state index is 0.112. The van der Waals surface area contributed by atoms with Crippen molar-refractivity contribution >= 4 is 5.97 Å². The largest absolute Gasteiger partial charge is 0.388 e. The molecule has 0 fully saturated rings. The van der Waals surface area contributed by atoms with E-state index in [2.05, 4.69) is 35.9 Å². The monoisotopic (exact) mass is 408 g/mol. The van der Waals surface area contributed by atoms with Gasteiger partial charge in [-0.2, -0.15) is 0 Å². The van der Waals surface area contributed by atoms with Crippen molar-refractivity contribution in [2.75, 3.05) is 0 Å². The highest BCUT2D eigenvalue weighted by Gasteiger charge is 2.09. The molecule has 1 aromatic heterocycles. The number of carbonyl (C=O) groups is 1. The third-order valence-corrected chi connectivity index (χ3v) is 5.25. The molecule has 1 atom stereocenters. The van der Waals surface area contributed by atoms with E-state index in [1.165, 1.54) is 43.7 Å². The molecule has 4 nitrogen and oxygen atoms in total. The number of allylic oxidation sites excluding steroid dienone is 1. The topological polar surface area (TPSA) is 52.1 Å². The van der Waals surface area contributed by atoms with Crippen LogP contribution in [0, 0.1) is 0 Å². The molecule has 0 saturated carbocycles. The molecule has 0 saturated heterocycles. The maximum Gasteiger partial charge on any atom is 0.338 e. The van der Waals surface area contributed by atoms with E-state index in [0.29, 0.717) is 0 Å². The molecule has 1 heterocycles. The molecule has 162 valence electrons. The van der Waals surface area contributed by atoms with Crippen LogP contribution in [0.3, 0.4) is 0 Å². The summed E-state index contributed by atoms with van der Waals surface area (Å²) in [5.74, 6) is -0.226. The molecular weight excluding hydrogens is 372 g/mol. The molecule has 0 amide bonds. The molecule has 0 radical (unpaired) electrons. The Morgan fingerprint density at radius 1 is 0.933 bits per heavy atom. The summed E-state index contributed by atoms with van der Waals surface area (Å²) < 4.78 is 5.28. The second kappa shape index (κ2) is 14.5. The van der Waals surface area contributed by atoms with Gasteiger partial charge in [0.1, 0.15) is 0 Å². The lowest BCUT2D eigenvalue weighted by Gasteiger charge is -2.12. The van der Waals surface area contributed by atoms with E-state index in [4.69, 9.17) is 4.74 Å². The number of hydrogen-bond donors (Lipinski definition) is 0. The standard InChI is InChI=1S/C26H36N2O2/c1-3-5-7-8-9-11-14-22-20-27-26(28-21-22)30-25(29)19-18-24(15-6-4-2)23-16-12-10-13-17-23/h10,12-13,16-21,24H,3-9,11,14-15H2,1-2H3. The SMILES string of the molecule is CCCCCCCCc1cnc(OC(=O)C=CC(CCCC)c2ccccc2)nc1. The van der Waals surface area contributed by atoms with E-state index >= 15 is 0 Å². The van der Waals surface area contributed by atoms with Crippen molar-refractivity contribution < 1.29 is 9.53 Å². The van der Waals surface area contributed by atoms with Crippen LogP contribution in [-0.2, 0) is 11.2 Å². The third-order valence-electron chi connectivity index (χ3n) is 5.25. The summed E-state index contributed by atoms with van der Waals surface area (Å²) in [6.07, 6.45) is 18.8. The average Bonchev–Trinajstić information content (AvgIpc) is 2.78. The Morgan fingerprint density at radius 3 is 2.30 bits per heavy atom. The van der Waals surface area contributed by atoms with Crippen molar-refractivity contribution in [2.45, 2.75) is 84.0 Å². The van der Waals surface area contributed by atoms with Crippen LogP contribution in [0.25, 0.3) is 0 Å². The Hall–Kier alpha value is -2.49. The van der Waals surface area contributed by atoms with Crippen molar-refractivity contribution in [1.29, 1.82) is 0 Å². The van der Waals surface area contributed by atoms with Crippen molar-refractivity contribution in [3.05, 3.63) is 66.0 Å². The maximum absolute atomic E-state index is 12.2. The van der Waals surface area contributed by atoms with Gasteiger partial charge in [-0.05, 0) is 30.4 Å². The fraction of sp³-hybridized carbons (Fsp3) is 0.500. The van der Waals surface area contributed by atoms with Gasteiger partial charge in [-0.3, -0.25) is 0 Å². The third kappa shape index (κ3) is 9.34. The number of unbranched alkanes of at least 4 members (excludes halogenated alkanes) is 6. The summed E-state index contributed by atoms with van der Waals surface area (Å²) in [6.45, 7) is 4.41. The first-order chi connectivity index (χ1) is 14.7. The molecule has 4 heteroatoms. The lowest BCUT2D eigenvalue weighted by Crippen LogP contribution is -2.08. The highest BCUT2D eigenvalue weighted by Crippen LogP contribution is 2.23. The highest BCUT2D eigenvalue weighted by molar-refractivity contribution is 5.83. The Labute approximate surface area is 181 Å². The summed E-state index contributed by atoms with van der Waals surface area (Å²) in [4.78, 5) is 20.6. The fourth-order valence-corrected chi connectivity index (χ4v) is 3.45. The lowest BCUT2D eigenvalue weighted by molar-refractivity contribution is -0.129. The van der Waals surface area contributed by atoms with Gasteiger partial charge in [0, 0.05) is 24.4 Å². The zero-order valence-corrected chi connectivity index (χ0v) is 18.6. The summed E-state index contributed by atoms with van der Waals surface area (Å²) in [5.41, 5.74) is 2.30. The molecule has 0 N–H and O–H groups in total. The summed E-state index contributed by atoms with van der Waals surface area (Å²) >= 11 is 0. The fourth-order valence-electron chi connectivity index (χ4n) is 3.45. The van der Waals surface area contributed by atoms with E-state index in [1.54, 1.807) is 12.4 Å². The predicted octanol–water partition coefficient (Wildman–Crippen LogP) is 6.82. The first kappa shape index (κ1) is 23.8. The van der Waals surface area contributed by atoms with Gasteiger partial charge in [-0.1, -0.05) is 95.2 Å². The van der Waals surface area contributed by atoms with Gasteiger partial charge >= 0.3 is 12.0 Å². The maximum atomic E-state index is 12.2. The van der Waals surface area contributed by atoms with Crippen LogP contribution in [0.4, 0.5) is 0 Å². The van der Waals surface area contributed by atoms with Gasteiger partial charge in [0.25, 0.3) is 0 Å². The molecule has 1 unspecified atom stereocenters. The van der Waals surface area contributed by atoms with Gasteiger partial charge in [0.2, 0.25) is 0 Å². The number of nitrogens with zero attached hydrogens (tertiary/aromatic N) is 2. The lowest BCUT2D eigenvalue weighted by atomic mass is 9.93. The van der Waals surface area contributed by atoms with Crippen LogP contribution < -0.4 is 4.74 Å². The van der Waals surface area contributed by atoms with Gasteiger partial charge in [-0.25, -0.2) is 14.8 Å². The van der Waals surface area contributed by atoms with Gasteiger partial charge in [-0.15, -0.1) is 0 Å². The number of aryl methyl sites for hydroxylation is 1. The molecule has 30 heavy (non-hydrogen) atoms. The van der Waals surface area contributed by atoms with Crippen molar-refractivity contribution in [2.24, 2.45) is 0 Å². The van der Waals surface area contributed by atoms with Crippen molar-refractivity contribution in [3.8, 4) is 6.01 Å². The van der Waals surface area contributed by atoms with Crippen LogP contribution in [0.1, 0.15) is 88.7 Å². The minimum atomic E-state index is -0.434. The molecule has 0 bridgehead atoms.